The van der Waals surface area contributed by atoms with E-state index in [0.29, 0.717) is 6.67 Å². The molecule has 0 fully saturated rings. The summed E-state index contributed by atoms with van der Waals surface area (Å²) in [7, 11) is 0. The predicted molar refractivity (Wildman–Crippen MR) is 60.3 cm³/mol. The summed E-state index contributed by atoms with van der Waals surface area (Å²) in [6.45, 7) is 2.44. The number of nitrogens with one attached hydrogen (secondary N) is 2. The van der Waals surface area contributed by atoms with Gasteiger partial charge in [-0.05, 0) is 19.1 Å². The summed E-state index contributed by atoms with van der Waals surface area (Å²) < 4.78 is 0. The number of amides is 1. The summed E-state index contributed by atoms with van der Waals surface area (Å²) in [5.41, 5.74) is 1.90. The monoisotopic (exact) mass is 219 g/mol. The molecular weight excluding hydrogens is 210 g/mol. The van der Waals surface area contributed by atoms with Gasteiger partial charge in [0, 0.05) is 11.1 Å². The Balaban J connectivity index is 2.35. The van der Waals surface area contributed by atoms with Crippen LogP contribution in [-0.4, -0.2) is 17.6 Å². The van der Waals surface area contributed by atoms with E-state index in [2.05, 4.69) is 15.6 Å². The first-order valence-electron chi connectivity index (χ1n) is 4.68. The number of aromatic nitrogens is 1. The number of fused-ring (bicyclic) bond motifs is 3. The molecule has 0 aromatic carbocycles. The van der Waals surface area contributed by atoms with E-state index in [0.717, 1.165) is 26.5 Å². The van der Waals surface area contributed by atoms with Gasteiger partial charge >= 0.3 is 0 Å². The second-order valence-corrected chi connectivity index (χ2v) is 4.47. The van der Waals surface area contributed by atoms with Crippen LogP contribution in [0.3, 0.4) is 0 Å². The van der Waals surface area contributed by atoms with Crippen molar-refractivity contribution < 1.29 is 4.79 Å². The number of hydrogen-bond donors (Lipinski definition) is 2. The van der Waals surface area contributed by atoms with Gasteiger partial charge in [0.15, 0.2) is 0 Å². The van der Waals surface area contributed by atoms with Crippen LogP contribution in [0.1, 0.15) is 15.4 Å². The van der Waals surface area contributed by atoms with Crippen molar-refractivity contribution in [1.82, 2.24) is 10.3 Å². The molecule has 15 heavy (non-hydrogen) atoms. The molecule has 3 rings (SSSR count). The van der Waals surface area contributed by atoms with Gasteiger partial charge in [0.2, 0.25) is 0 Å². The Hall–Kier alpha value is -1.62. The van der Waals surface area contributed by atoms with Gasteiger partial charge in [0.25, 0.3) is 5.91 Å². The van der Waals surface area contributed by atoms with Crippen LogP contribution in [0.15, 0.2) is 12.1 Å². The van der Waals surface area contributed by atoms with Crippen LogP contribution in [0.2, 0.25) is 0 Å². The van der Waals surface area contributed by atoms with Crippen molar-refractivity contribution in [1.29, 1.82) is 0 Å². The molecule has 5 heteroatoms. The Morgan fingerprint density at radius 3 is 3.13 bits per heavy atom. The first-order chi connectivity index (χ1) is 7.25. The van der Waals surface area contributed by atoms with E-state index in [9.17, 15) is 4.79 Å². The zero-order valence-corrected chi connectivity index (χ0v) is 8.94. The van der Waals surface area contributed by atoms with E-state index in [1.165, 1.54) is 11.3 Å². The molecule has 3 heterocycles. The highest BCUT2D eigenvalue weighted by Gasteiger charge is 2.22. The number of anilines is 1. The minimum Gasteiger partial charge on any atom is -0.366 e. The molecule has 2 aromatic heterocycles. The number of rotatable bonds is 0. The molecule has 0 spiro atoms. The first kappa shape index (κ1) is 8.67. The molecule has 1 aliphatic heterocycles. The average Bonchev–Trinajstić information content (AvgIpc) is 2.57. The topological polar surface area (TPSA) is 54.0 Å². The minimum absolute atomic E-state index is 0.00981. The van der Waals surface area contributed by atoms with Gasteiger partial charge in [-0.15, -0.1) is 11.3 Å². The van der Waals surface area contributed by atoms with Gasteiger partial charge in [-0.3, -0.25) is 4.79 Å². The Kier molecular flexibility index (Phi) is 1.70. The SMILES string of the molecule is Cc1ccc2c3c(sc2n1)C(=O)NCN3. The van der Waals surface area contributed by atoms with Crippen molar-refractivity contribution in [2.45, 2.75) is 6.92 Å². The highest BCUT2D eigenvalue weighted by molar-refractivity contribution is 7.21. The maximum absolute atomic E-state index is 11.6. The van der Waals surface area contributed by atoms with E-state index in [1.54, 1.807) is 0 Å². The van der Waals surface area contributed by atoms with E-state index in [1.807, 2.05) is 19.1 Å². The van der Waals surface area contributed by atoms with Gasteiger partial charge in [-0.1, -0.05) is 0 Å². The molecule has 0 saturated heterocycles. The Labute approximate surface area is 90.3 Å². The molecule has 4 nitrogen and oxygen atoms in total. The standard InChI is InChI=1S/C10H9N3OS/c1-5-2-3-6-7-8(15-10(6)13-5)9(14)12-4-11-7/h2-3,11H,4H2,1H3,(H,12,14). The molecule has 0 atom stereocenters. The van der Waals surface area contributed by atoms with Crippen LogP contribution in [0.4, 0.5) is 5.69 Å². The zero-order valence-electron chi connectivity index (χ0n) is 8.13. The molecule has 1 amide bonds. The third-order valence-electron chi connectivity index (χ3n) is 2.41. The van der Waals surface area contributed by atoms with Gasteiger partial charge in [-0.2, -0.15) is 0 Å². The molecule has 0 aliphatic carbocycles. The van der Waals surface area contributed by atoms with Crippen LogP contribution in [0, 0.1) is 6.92 Å². The van der Waals surface area contributed by atoms with Crippen molar-refractivity contribution in [2.75, 3.05) is 12.0 Å². The lowest BCUT2D eigenvalue weighted by Gasteiger charge is -2.14. The lowest BCUT2D eigenvalue weighted by atomic mass is 10.2. The average molecular weight is 219 g/mol. The van der Waals surface area contributed by atoms with Crippen molar-refractivity contribution in [2.24, 2.45) is 0 Å². The summed E-state index contributed by atoms with van der Waals surface area (Å²) in [4.78, 5) is 17.6. The maximum atomic E-state index is 11.6. The largest absolute Gasteiger partial charge is 0.366 e. The molecule has 76 valence electrons. The molecule has 2 N–H and O–H groups in total. The smallest absolute Gasteiger partial charge is 0.264 e. The third kappa shape index (κ3) is 1.20. The summed E-state index contributed by atoms with van der Waals surface area (Å²) in [5.74, 6) is -0.00981. The van der Waals surface area contributed by atoms with Crippen LogP contribution in [0.5, 0.6) is 0 Å². The van der Waals surface area contributed by atoms with E-state index < -0.39 is 0 Å². The number of thiophene rings is 1. The van der Waals surface area contributed by atoms with Crippen LogP contribution in [-0.2, 0) is 0 Å². The summed E-state index contributed by atoms with van der Waals surface area (Å²) in [6.07, 6.45) is 0. The second-order valence-electron chi connectivity index (χ2n) is 3.47. The summed E-state index contributed by atoms with van der Waals surface area (Å²) in [5, 5.41) is 6.96. The molecule has 0 unspecified atom stereocenters. The van der Waals surface area contributed by atoms with Crippen molar-refractivity contribution in [3.05, 3.63) is 22.7 Å². The molecule has 1 aliphatic rings. The highest BCUT2D eigenvalue weighted by Crippen LogP contribution is 2.35. The Morgan fingerprint density at radius 2 is 2.27 bits per heavy atom. The number of carbonyl (C=O) groups excluding carboxylic acids is 1. The number of pyridine rings is 1. The number of nitrogens with zero attached hydrogens (tertiary/aromatic N) is 1. The fraction of sp³-hybridized carbons (Fsp3) is 0.200. The van der Waals surface area contributed by atoms with Crippen LogP contribution in [0.25, 0.3) is 10.2 Å². The first-order valence-corrected chi connectivity index (χ1v) is 5.49. The Morgan fingerprint density at radius 1 is 1.40 bits per heavy atom. The van der Waals surface area contributed by atoms with E-state index in [-0.39, 0.29) is 5.91 Å². The van der Waals surface area contributed by atoms with Crippen LogP contribution < -0.4 is 10.6 Å². The third-order valence-corrected chi connectivity index (χ3v) is 3.51. The molecule has 0 bridgehead atoms. The minimum atomic E-state index is -0.00981. The van der Waals surface area contributed by atoms with Crippen molar-refractivity contribution >= 4 is 33.1 Å². The number of aryl methyl sites for hydroxylation is 1. The molecule has 0 saturated carbocycles. The van der Waals surface area contributed by atoms with Crippen LogP contribution >= 0.6 is 11.3 Å². The lowest BCUT2D eigenvalue weighted by Crippen LogP contribution is -2.33. The van der Waals surface area contributed by atoms with E-state index in [4.69, 9.17) is 0 Å². The van der Waals surface area contributed by atoms with Gasteiger partial charge in [0.1, 0.15) is 9.71 Å². The normalized spacial score (nSPS) is 14.6. The Bertz CT molecular complexity index is 561. The second kappa shape index (κ2) is 2.93. The lowest BCUT2D eigenvalue weighted by molar-refractivity contribution is 0.0957. The summed E-state index contributed by atoms with van der Waals surface area (Å²) in [6, 6.07) is 3.97. The number of hydrogen-bond acceptors (Lipinski definition) is 4. The quantitative estimate of drug-likeness (QED) is 0.709. The molecular formula is C10H9N3OS. The van der Waals surface area contributed by atoms with Crippen molar-refractivity contribution in [3.63, 3.8) is 0 Å². The highest BCUT2D eigenvalue weighted by atomic mass is 32.1. The van der Waals surface area contributed by atoms with E-state index >= 15 is 0 Å². The fourth-order valence-electron chi connectivity index (χ4n) is 1.70. The number of carbonyl (C=O) groups is 1. The summed E-state index contributed by atoms with van der Waals surface area (Å²) >= 11 is 1.44. The zero-order chi connectivity index (χ0) is 10.4. The molecule has 2 aromatic rings. The molecule has 0 radical (unpaired) electrons. The van der Waals surface area contributed by atoms with Crippen molar-refractivity contribution in [3.8, 4) is 0 Å². The van der Waals surface area contributed by atoms with Gasteiger partial charge in [-0.25, -0.2) is 4.98 Å². The fourth-order valence-corrected chi connectivity index (χ4v) is 2.81. The predicted octanol–water partition coefficient (Wildman–Crippen LogP) is 1.72. The van der Waals surface area contributed by atoms with Gasteiger partial charge < -0.3 is 10.6 Å². The maximum Gasteiger partial charge on any atom is 0.264 e. The van der Waals surface area contributed by atoms with Gasteiger partial charge in [0.05, 0.1) is 12.4 Å².